The van der Waals surface area contributed by atoms with Gasteiger partial charge in [-0.1, -0.05) is 61.3 Å². The minimum atomic E-state index is 0.386. The Labute approximate surface area is 154 Å². The molecule has 1 saturated heterocycles. The summed E-state index contributed by atoms with van der Waals surface area (Å²) in [7, 11) is 0. The van der Waals surface area contributed by atoms with Gasteiger partial charge in [-0.2, -0.15) is 0 Å². The molecule has 0 aromatic heterocycles. The highest BCUT2D eigenvalue weighted by atomic mass is 16.5. The molecule has 1 fully saturated rings. The Bertz CT molecular complexity index is 196. The van der Waals surface area contributed by atoms with Crippen molar-refractivity contribution in [3.05, 3.63) is 0 Å². The lowest BCUT2D eigenvalue weighted by Crippen LogP contribution is -2.21. The Kier molecular flexibility index (Phi) is 17.9. The minimum absolute atomic E-state index is 0.386. The molecule has 1 heterocycles. The molecular weight excluding hydrogens is 296 g/mol. The van der Waals surface area contributed by atoms with Crippen molar-refractivity contribution in [2.75, 3.05) is 13.2 Å². The van der Waals surface area contributed by atoms with E-state index in [1.165, 1.54) is 25.7 Å². The van der Waals surface area contributed by atoms with Crippen LogP contribution in [0.2, 0.25) is 0 Å². The van der Waals surface area contributed by atoms with Crippen LogP contribution in [0, 0.1) is 23.7 Å². The van der Waals surface area contributed by atoms with Gasteiger partial charge in [-0.3, -0.25) is 0 Å². The van der Waals surface area contributed by atoms with Crippen molar-refractivity contribution < 1.29 is 9.47 Å². The summed E-state index contributed by atoms with van der Waals surface area (Å²) in [6.07, 6.45) is 6.28. The quantitative estimate of drug-likeness (QED) is 0.518. The fourth-order valence-corrected chi connectivity index (χ4v) is 2.07. The van der Waals surface area contributed by atoms with E-state index in [4.69, 9.17) is 9.47 Å². The van der Waals surface area contributed by atoms with Crippen LogP contribution in [-0.4, -0.2) is 25.4 Å². The lowest BCUT2D eigenvalue weighted by atomic mass is 10.0. The van der Waals surface area contributed by atoms with E-state index in [1.54, 1.807) is 0 Å². The van der Waals surface area contributed by atoms with E-state index in [0.717, 1.165) is 31.0 Å². The SMILES string of the molecule is CC(C)CCC(C)C.CC(C)COC(C)C.CC1CCC(C)OC1. The summed E-state index contributed by atoms with van der Waals surface area (Å²) < 4.78 is 10.7. The van der Waals surface area contributed by atoms with Gasteiger partial charge in [0.1, 0.15) is 0 Å². The molecule has 2 atom stereocenters. The van der Waals surface area contributed by atoms with Crippen LogP contribution >= 0.6 is 0 Å². The first-order valence-corrected chi connectivity index (χ1v) is 10.3. The van der Waals surface area contributed by atoms with Crippen molar-refractivity contribution in [1.82, 2.24) is 0 Å². The molecule has 0 N–H and O–H groups in total. The van der Waals surface area contributed by atoms with Gasteiger partial charge >= 0.3 is 0 Å². The van der Waals surface area contributed by atoms with Crippen molar-refractivity contribution in [2.45, 2.75) is 107 Å². The smallest absolute Gasteiger partial charge is 0.0547 e. The predicted molar refractivity (Wildman–Crippen MR) is 109 cm³/mol. The summed E-state index contributed by atoms with van der Waals surface area (Å²) in [5.74, 6) is 3.23. The Morgan fingerprint density at radius 2 is 1.29 bits per heavy atom. The molecule has 1 rings (SSSR count). The summed E-state index contributed by atoms with van der Waals surface area (Å²) in [5.41, 5.74) is 0. The van der Waals surface area contributed by atoms with Gasteiger partial charge in [0.25, 0.3) is 0 Å². The summed E-state index contributed by atoms with van der Waals surface area (Å²) in [4.78, 5) is 0. The average Bonchev–Trinajstić information content (AvgIpc) is 2.47. The second-order valence-corrected chi connectivity index (χ2v) is 8.97. The normalized spacial score (nSPS) is 20.8. The van der Waals surface area contributed by atoms with Gasteiger partial charge in [0.15, 0.2) is 0 Å². The van der Waals surface area contributed by atoms with Crippen LogP contribution in [0.4, 0.5) is 0 Å². The zero-order valence-corrected chi connectivity index (χ0v) is 18.5. The lowest BCUT2D eigenvalue weighted by Gasteiger charge is -2.23. The van der Waals surface area contributed by atoms with E-state index in [2.05, 4.69) is 69.2 Å². The molecule has 0 aliphatic carbocycles. The van der Waals surface area contributed by atoms with Gasteiger partial charge in [0.2, 0.25) is 0 Å². The second kappa shape index (κ2) is 16.4. The standard InChI is InChI=1S/C8H18.C7H14O.C7H16O/c1-7(2)5-6-8(3)4;1-6-3-4-7(2)8-5-6;1-6(2)5-8-7(3)4/h7-8H,5-6H2,1-4H3;6-7H,3-5H2,1-2H3;6-7H,5H2,1-4H3. The maximum Gasteiger partial charge on any atom is 0.0547 e. The molecular formula is C22H48O2. The predicted octanol–water partition coefficient (Wildman–Crippen LogP) is 6.97. The highest BCUT2D eigenvalue weighted by molar-refractivity contribution is 4.62. The second-order valence-electron chi connectivity index (χ2n) is 8.97. The van der Waals surface area contributed by atoms with Gasteiger partial charge in [0.05, 0.1) is 12.2 Å². The fourth-order valence-electron chi connectivity index (χ4n) is 2.07. The Morgan fingerprint density at radius 3 is 1.50 bits per heavy atom. The van der Waals surface area contributed by atoms with E-state index in [0.29, 0.717) is 18.1 Å². The van der Waals surface area contributed by atoms with Crippen molar-refractivity contribution in [2.24, 2.45) is 23.7 Å². The molecule has 0 aromatic rings. The first kappa shape index (κ1) is 26.2. The van der Waals surface area contributed by atoms with Gasteiger partial charge in [-0.05, 0) is 57.3 Å². The van der Waals surface area contributed by atoms with Crippen molar-refractivity contribution in [3.8, 4) is 0 Å². The molecule has 148 valence electrons. The van der Waals surface area contributed by atoms with Crippen LogP contribution in [-0.2, 0) is 9.47 Å². The number of rotatable bonds is 6. The molecule has 0 amide bonds. The van der Waals surface area contributed by atoms with E-state index < -0.39 is 0 Å². The maximum atomic E-state index is 5.39. The van der Waals surface area contributed by atoms with E-state index in [-0.39, 0.29) is 0 Å². The van der Waals surface area contributed by atoms with E-state index in [9.17, 15) is 0 Å². The van der Waals surface area contributed by atoms with Crippen LogP contribution in [0.3, 0.4) is 0 Å². The van der Waals surface area contributed by atoms with Gasteiger partial charge in [-0.15, -0.1) is 0 Å². The van der Waals surface area contributed by atoms with Crippen LogP contribution in [0.25, 0.3) is 0 Å². The number of hydrogen-bond donors (Lipinski definition) is 0. The van der Waals surface area contributed by atoms with Crippen LogP contribution in [0.5, 0.6) is 0 Å². The zero-order chi connectivity index (χ0) is 19.1. The minimum Gasteiger partial charge on any atom is -0.379 e. The molecule has 1 aliphatic heterocycles. The topological polar surface area (TPSA) is 18.5 Å². The summed E-state index contributed by atoms with van der Waals surface area (Å²) in [5, 5.41) is 0. The lowest BCUT2D eigenvalue weighted by molar-refractivity contribution is 0.000267. The molecule has 24 heavy (non-hydrogen) atoms. The largest absolute Gasteiger partial charge is 0.379 e. The van der Waals surface area contributed by atoms with Gasteiger partial charge < -0.3 is 9.47 Å². The first-order chi connectivity index (χ1) is 11.0. The third-order valence-corrected chi connectivity index (χ3v) is 3.82. The van der Waals surface area contributed by atoms with Crippen LogP contribution < -0.4 is 0 Å². The summed E-state index contributed by atoms with van der Waals surface area (Å²) >= 11 is 0. The molecule has 0 saturated carbocycles. The summed E-state index contributed by atoms with van der Waals surface area (Å²) in [6, 6.07) is 0. The molecule has 0 spiro atoms. The van der Waals surface area contributed by atoms with Crippen LogP contribution in [0.15, 0.2) is 0 Å². The number of hydrogen-bond acceptors (Lipinski definition) is 2. The maximum absolute atomic E-state index is 5.39. The molecule has 2 heteroatoms. The van der Waals surface area contributed by atoms with Crippen molar-refractivity contribution >= 4 is 0 Å². The van der Waals surface area contributed by atoms with E-state index in [1.807, 2.05) is 0 Å². The van der Waals surface area contributed by atoms with E-state index >= 15 is 0 Å². The molecule has 2 unspecified atom stereocenters. The fraction of sp³-hybridized carbons (Fsp3) is 1.00. The van der Waals surface area contributed by atoms with Crippen LogP contribution in [0.1, 0.15) is 94.9 Å². The van der Waals surface area contributed by atoms with Crippen molar-refractivity contribution in [3.63, 3.8) is 0 Å². The summed E-state index contributed by atoms with van der Waals surface area (Å²) in [6.45, 7) is 23.8. The first-order valence-electron chi connectivity index (χ1n) is 10.3. The average molecular weight is 345 g/mol. The third-order valence-electron chi connectivity index (χ3n) is 3.82. The molecule has 0 bridgehead atoms. The van der Waals surface area contributed by atoms with Gasteiger partial charge in [-0.25, -0.2) is 0 Å². The monoisotopic (exact) mass is 344 g/mol. The molecule has 0 radical (unpaired) electrons. The molecule has 2 nitrogen and oxygen atoms in total. The third kappa shape index (κ3) is 24.2. The van der Waals surface area contributed by atoms with Gasteiger partial charge in [0, 0.05) is 13.2 Å². The Morgan fingerprint density at radius 1 is 0.792 bits per heavy atom. The molecule has 1 aliphatic rings. The van der Waals surface area contributed by atoms with Crippen molar-refractivity contribution in [1.29, 1.82) is 0 Å². The number of ether oxygens (including phenoxy) is 2. The Hall–Kier alpha value is -0.0800. The highest BCUT2D eigenvalue weighted by Crippen LogP contribution is 2.16. The highest BCUT2D eigenvalue weighted by Gasteiger charge is 2.13. The molecule has 0 aromatic carbocycles. The Balaban J connectivity index is 0. The zero-order valence-electron chi connectivity index (χ0n) is 18.5.